The van der Waals surface area contributed by atoms with Crippen LogP contribution in [0.15, 0.2) is 59.5 Å². The van der Waals surface area contributed by atoms with Crippen LogP contribution < -0.4 is 20.6 Å². The Hall–Kier alpha value is -7.01. The smallest absolute Gasteiger partial charge is 0.407 e. The lowest BCUT2D eigenvalue weighted by atomic mass is 9.86. The number of hydrogen-bond donors (Lipinski definition) is 2. The standard InChI is InChI=1S/C57H61F2N9O8/c1-3-39-42(58)15-14-34-9-4-12-40(46(34)39)48-47(59)49-41(31-60-48)51(65-24-8-21-57(32-65)23-28-76-57)63-53(62-49)75-33-56-20-7-25-67(56)36(18-22-56)29-37-30-38(19-26-66(37)55(72)73)74-27-6-11-35-10-5-13-43-50(35)64(2)54(71)68(43)44-16-17-45(69)61-52(44)70/h1,4-5,9-10,12-15,31,36-38,44H,6-8,11,16-30,32-33H2,2H3,(H,72,73)(H,61,69,70)/t36-,37?,38?,44?,56-,57?/m0/s1. The van der Waals surface area contributed by atoms with Crippen LogP contribution >= 0.6 is 0 Å². The number of aryl methyl sites for hydroxylation is 2. The van der Waals surface area contributed by atoms with Crippen LogP contribution in [0.5, 0.6) is 6.01 Å². The van der Waals surface area contributed by atoms with Gasteiger partial charge in [-0.1, -0.05) is 42.3 Å². The number of fused-ring (bicyclic) bond motifs is 4. The minimum absolute atomic E-state index is 0.0124. The number of carbonyl (C=O) groups is 3. The highest BCUT2D eigenvalue weighted by molar-refractivity contribution is 6.02. The van der Waals surface area contributed by atoms with Gasteiger partial charge in [-0.15, -0.1) is 6.42 Å². The van der Waals surface area contributed by atoms with Crippen LogP contribution in [-0.2, 0) is 32.5 Å². The number of rotatable bonds is 13. The zero-order chi connectivity index (χ0) is 52.5. The molecule has 6 fully saturated rings. The van der Waals surface area contributed by atoms with Crippen LogP contribution in [0.1, 0.15) is 101 Å². The van der Waals surface area contributed by atoms with Crippen molar-refractivity contribution in [1.29, 1.82) is 0 Å². The number of para-hydroxylation sites is 1. The molecule has 6 aromatic rings. The number of likely N-dealkylation sites (tertiary alicyclic amines) is 1. The number of nitrogens with zero attached hydrogens (tertiary/aromatic N) is 8. The Morgan fingerprint density at radius 1 is 0.987 bits per heavy atom. The number of benzene rings is 3. The molecule has 0 saturated carbocycles. The molecule has 19 heteroatoms. The average molecular weight is 1040 g/mol. The molecule has 6 aliphatic heterocycles. The van der Waals surface area contributed by atoms with Gasteiger partial charge in [0, 0.05) is 75.4 Å². The highest BCUT2D eigenvalue weighted by Crippen LogP contribution is 2.46. The zero-order valence-corrected chi connectivity index (χ0v) is 42.6. The Morgan fingerprint density at radius 2 is 1.83 bits per heavy atom. The average Bonchev–Trinajstić information content (AvgIpc) is 4.15. The second kappa shape index (κ2) is 19.8. The molecular weight excluding hydrogens is 977 g/mol. The van der Waals surface area contributed by atoms with Crippen LogP contribution in [0.4, 0.5) is 19.4 Å². The van der Waals surface area contributed by atoms with Crippen molar-refractivity contribution in [3.8, 4) is 29.6 Å². The fraction of sp³-hybridized carbons (Fsp3) is 0.491. The zero-order valence-electron chi connectivity index (χ0n) is 42.6. The van der Waals surface area contributed by atoms with Crippen molar-refractivity contribution >= 4 is 56.4 Å². The number of anilines is 1. The maximum atomic E-state index is 17.3. The van der Waals surface area contributed by atoms with Crippen LogP contribution in [0.2, 0.25) is 0 Å². The summed E-state index contributed by atoms with van der Waals surface area (Å²) in [5.74, 6) is 0.886. The summed E-state index contributed by atoms with van der Waals surface area (Å²) >= 11 is 0. The van der Waals surface area contributed by atoms with Gasteiger partial charge in [-0.3, -0.25) is 33.9 Å². The van der Waals surface area contributed by atoms with Gasteiger partial charge in [0.1, 0.15) is 35.5 Å². The first kappa shape index (κ1) is 49.8. The Kier molecular flexibility index (Phi) is 13.0. The Morgan fingerprint density at radius 3 is 2.63 bits per heavy atom. The number of imidazole rings is 1. The van der Waals surface area contributed by atoms with Gasteiger partial charge in [0.2, 0.25) is 11.8 Å². The molecule has 17 nitrogen and oxygen atoms in total. The van der Waals surface area contributed by atoms with Gasteiger partial charge >= 0.3 is 17.8 Å². The van der Waals surface area contributed by atoms with Crippen LogP contribution in [0.25, 0.3) is 44.0 Å². The molecular formula is C57H61F2N9O8. The molecule has 0 bridgehead atoms. The Bertz CT molecular complexity index is 3430. The van der Waals surface area contributed by atoms with Crippen molar-refractivity contribution in [2.24, 2.45) is 7.05 Å². The summed E-state index contributed by atoms with van der Waals surface area (Å²) in [5, 5.41) is 14.3. The summed E-state index contributed by atoms with van der Waals surface area (Å²) in [6, 6.07) is 13.0. The molecule has 6 saturated heterocycles. The van der Waals surface area contributed by atoms with Crippen molar-refractivity contribution in [3.05, 3.63) is 88.0 Å². The molecule has 0 aliphatic carbocycles. The van der Waals surface area contributed by atoms with E-state index in [9.17, 15) is 24.3 Å². The molecule has 2 N–H and O–H groups in total. The van der Waals surface area contributed by atoms with Crippen molar-refractivity contribution in [3.63, 3.8) is 0 Å². The lowest BCUT2D eigenvalue weighted by Gasteiger charge is -2.48. The van der Waals surface area contributed by atoms with E-state index >= 15 is 8.78 Å². The largest absolute Gasteiger partial charge is 0.465 e. The van der Waals surface area contributed by atoms with E-state index in [1.807, 2.05) is 18.2 Å². The van der Waals surface area contributed by atoms with E-state index in [0.29, 0.717) is 98.0 Å². The van der Waals surface area contributed by atoms with Crippen LogP contribution in [0.3, 0.4) is 0 Å². The van der Waals surface area contributed by atoms with Crippen molar-refractivity contribution < 1.29 is 42.5 Å². The van der Waals surface area contributed by atoms with Gasteiger partial charge in [0.25, 0.3) is 0 Å². The van der Waals surface area contributed by atoms with E-state index in [4.69, 9.17) is 30.6 Å². The van der Waals surface area contributed by atoms with Gasteiger partial charge in [-0.25, -0.2) is 18.4 Å². The molecule has 12 rings (SSSR count). The number of halogens is 2. The first-order valence-corrected chi connectivity index (χ1v) is 26.8. The van der Waals surface area contributed by atoms with Crippen molar-refractivity contribution in [2.75, 3.05) is 50.9 Å². The molecule has 6 atom stereocenters. The second-order valence-electron chi connectivity index (χ2n) is 21.7. The number of carboxylic acid groups (broad SMARTS) is 1. The molecule has 396 valence electrons. The number of terminal acetylenes is 1. The summed E-state index contributed by atoms with van der Waals surface area (Å²) in [4.78, 5) is 71.5. The topological polar surface area (TPSA) is 186 Å². The molecule has 76 heavy (non-hydrogen) atoms. The fourth-order valence-electron chi connectivity index (χ4n) is 13.7. The molecule has 9 heterocycles. The van der Waals surface area contributed by atoms with E-state index < -0.39 is 29.7 Å². The SMILES string of the molecule is C#Cc1c(F)ccc2cccc(-c3ncc4c(N5CCCC6(CCO6)C5)nc(OC[C@@]56CCCN5[C@H](CC5CC(OCCCc7cccc8c7n(C)c(=O)n8C7CCC(=O)NC7=O)CCN5C(=O)O)CC6)nc4c3F)c12. The van der Waals surface area contributed by atoms with Crippen LogP contribution in [-0.4, -0.2) is 132 Å². The minimum Gasteiger partial charge on any atom is -0.465 e. The lowest BCUT2D eigenvalue weighted by Crippen LogP contribution is -2.56. The van der Waals surface area contributed by atoms with Crippen molar-refractivity contribution in [1.82, 2.24) is 39.2 Å². The normalized spacial score (nSPS) is 25.8. The van der Waals surface area contributed by atoms with Crippen molar-refractivity contribution in [2.45, 2.75) is 125 Å². The van der Waals surface area contributed by atoms with Gasteiger partial charge in [0.15, 0.2) is 5.82 Å². The second-order valence-corrected chi connectivity index (χ2v) is 21.7. The number of carbonyl (C=O) groups excluding carboxylic acids is 2. The third-order valence-electron chi connectivity index (χ3n) is 17.5. The molecule has 3 aromatic carbocycles. The first-order chi connectivity index (χ1) is 36.8. The van der Waals surface area contributed by atoms with Gasteiger partial charge in [-0.2, -0.15) is 9.97 Å². The van der Waals surface area contributed by atoms with E-state index in [2.05, 4.69) is 26.0 Å². The lowest BCUT2D eigenvalue weighted by molar-refractivity contribution is -0.151. The number of nitrogens with one attached hydrogen (secondary N) is 1. The molecule has 3 aromatic heterocycles. The number of hydrogen-bond acceptors (Lipinski definition) is 12. The van der Waals surface area contributed by atoms with Gasteiger partial charge in [0.05, 0.1) is 45.8 Å². The molecule has 1 spiro atoms. The number of amides is 3. The Labute approximate surface area is 437 Å². The fourth-order valence-corrected chi connectivity index (χ4v) is 13.7. The number of imide groups is 1. The maximum absolute atomic E-state index is 17.3. The summed E-state index contributed by atoms with van der Waals surface area (Å²) < 4.78 is 54.8. The number of ether oxygens (including phenoxy) is 3. The first-order valence-electron chi connectivity index (χ1n) is 26.8. The highest BCUT2D eigenvalue weighted by Gasteiger charge is 2.51. The van der Waals surface area contributed by atoms with E-state index in [1.165, 1.54) is 10.6 Å². The monoisotopic (exact) mass is 1040 g/mol. The number of pyridine rings is 1. The Balaban J connectivity index is 0.749. The molecule has 3 amide bonds. The van der Waals surface area contributed by atoms with Gasteiger partial charge in [-0.05, 0) is 107 Å². The summed E-state index contributed by atoms with van der Waals surface area (Å²) in [5.41, 5.74) is 1.78. The summed E-state index contributed by atoms with van der Waals surface area (Å²) in [7, 11) is 1.70. The predicted octanol–water partition coefficient (Wildman–Crippen LogP) is 7.42. The van der Waals surface area contributed by atoms with E-state index in [1.54, 1.807) is 47.0 Å². The molecule has 0 radical (unpaired) electrons. The summed E-state index contributed by atoms with van der Waals surface area (Å²) in [6.07, 6.45) is 16.0. The van der Waals surface area contributed by atoms with E-state index in [0.717, 1.165) is 62.6 Å². The van der Waals surface area contributed by atoms with Gasteiger partial charge < -0.3 is 29.1 Å². The highest BCUT2D eigenvalue weighted by atomic mass is 19.1. The predicted molar refractivity (Wildman–Crippen MR) is 279 cm³/mol. The number of piperidine rings is 3. The minimum atomic E-state index is -0.942. The number of aromatic nitrogens is 5. The quantitative estimate of drug-likeness (QED) is 0.0662. The molecule has 6 aliphatic rings. The third-order valence-corrected chi connectivity index (χ3v) is 17.5. The third kappa shape index (κ3) is 8.71. The summed E-state index contributed by atoms with van der Waals surface area (Å²) in [6.45, 7) is 3.86. The molecule has 4 unspecified atom stereocenters. The van der Waals surface area contributed by atoms with Crippen LogP contribution in [0, 0.1) is 24.0 Å². The van der Waals surface area contributed by atoms with E-state index in [-0.39, 0.29) is 83.2 Å². The maximum Gasteiger partial charge on any atom is 0.407 e.